The molecule has 0 spiro atoms. The van der Waals surface area contributed by atoms with Gasteiger partial charge in [-0.15, -0.1) is 0 Å². The van der Waals surface area contributed by atoms with Gasteiger partial charge in [0.05, 0.1) is 19.2 Å². The molecule has 1 unspecified atom stereocenters. The lowest BCUT2D eigenvalue weighted by Crippen LogP contribution is -2.67. The zero-order valence-electron chi connectivity index (χ0n) is 16.6. The van der Waals surface area contributed by atoms with Gasteiger partial charge in [-0.1, -0.05) is 29.8 Å². The summed E-state index contributed by atoms with van der Waals surface area (Å²) in [4.78, 5) is 27.8. The van der Waals surface area contributed by atoms with Gasteiger partial charge in [0.15, 0.2) is 5.54 Å². The number of methoxy groups -OCH3 is 1. The number of nitrogens with one attached hydrogen (secondary N) is 1. The molecule has 4 rings (SSSR count). The standard InChI is InChI=1S/C23H22N2O4/c1-15-8-11-17(12-9-15)25-21(26)14-23(25,20-13-10-16(2)29-20)22(27)24-18-6-4-5-7-19(18)28-3/h4-13H,14H2,1-3H3,(H,24,27). The highest BCUT2D eigenvalue weighted by molar-refractivity contribution is 6.16. The van der Waals surface area contributed by atoms with Gasteiger partial charge in [-0.3, -0.25) is 14.5 Å². The van der Waals surface area contributed by atoms with Crippen LogP contribution in [0.5, 0.6) is 5.75 Å². The number of hydrogen-bond acceptors (Lipinski definition) is 4. The van der Waals surface area contributed by atoms with Gasteiger partial charge in [0.2, 0.25) is 5.91 Å². The van der Waals surface area contributed by atoms with Crippen LogP contribution in [0.3, 0.4) is 0 Å². The molecule has 0 saturated carbocycles. The van der Waals surface area contributed by atoms with Gasteiger partial charge >= 0.3 is 0 Å². The summed E-state index contributed by atoms with van der Waals surface area (Å²) in [7, 11) is 1.54. The summed E-state index contributed by atoms with van der Waals surface area (Å²) in [5.41, 5.74) is 0.989. The van der Waals surface area contributed by atoms with E-state index in [4.69, 9.17) is 9.15 Å². The average molecular weight is 390 g/mol. The summed E-state index contributed by atoms with van der Waals surface area (Å²) in [5, 5.41) is 2.93. The van der Waals surface area contributed by atoms with E-state index < -0.39 is 5.54 Å². The van der Waals surface area contributed by atoms with Crippen molar-refractivity contribution < 1.29 is 18.7 Å². The molecule has 2 amide bonds. The summed E-state index contributed by atoms with van der Waals surface area (Å²) in [6.45, 7) is 3.78. The van der Waals surface area contributed by atoms with Gasteiger partial charge in [-0.25, -0.2) is 0 Å². The van der Waals surface area contributed by atoms with Gasteiger partial charge in [0.1, 0.15) is 17.3 Å². The Labute approximate surface area is 169 Å². The van der Waals surface area contributed by atoms with E-state index in [1.807, 2.05) is 50.2 Å². The SMILES string of the molecule is COc1ccccc1NC(=O)C1(c2ccc(C)o2)CC(=O)N1c1ccc(C)cc1. The number of hydrogen-bond donors (Lipinski definition) is 1. The Morgan fingerprint density at radius 3 is 2.41 bits per heavy atom. The van der Waals surface area contributed by atoms with Crippen molar-refractivity contribution in [2.75, 3.05) is 17.3 Å². The quantitative estimate of drug-likeness (QED) is 0.664. The Kier molecular flexibility index (Phi) is 4.62. The lowest BCUT2D eigenvalue weighted by atomic mass is 9.79. The molecule has 2 aromatic carbocycles. The third-order valence-electron chi connectivity index (χ3n) is 5.21. The number of benzene rings is 2. The molecule has 29 heavy (non-hydrogen) atoms. The van der Waals surface area contributed by atoms with E-state index in [-0.39, 0.29) is 18.2 Å². The maximum Gasteiger partial charge on any atom is 0.259 e. The first kappa shape index (κ1) is 18.8. The fourth-order valence-corrected chi connectivity index (χ4v) is 3.68. The number of furan rings is 1. The van der Waals surface area contributed by atoms with E-state index in [9.17, 15) is 9.59 Å². The Morgan fingerprint density at radius 2 is 1.79 bits per heavy atom. The topological polar surface area (TPSA) is 71.8 Å². The van der Waals surface area contributed by atoms with Crippen LogP contribution in [-0.2, 0) is 15.1 Å². The number of para-hydroxylation sites is 2. The minimum absolute atomic E-state index is 0.0226. The van der Waals surface area contributed by atoms with E-state index in [1.54, 1.807) is 31.4 Å². The Hall–Kier alpha value is -3.54. The van der Waals surface area contributed by atoms with Crippen molar-refractivity contribution in [3.05, 3.63) is 77.7 Å². The van der Waals surface area contributed by atoms with Crippen LogP contribution in [0.15, 0.2) is 65.1 Å². The van der Waals surface area contributed by atoms with Gasteiger partial charge < -0.3 is 14.5 Å². The Bertz CT molecular complexity index is 1070. The van der Waals surface area contributed by atoms with E-state index >= 15 is 0 Å². The molecule has 148 valence electrons. The lowest BCUT2D eigenvalue weighted by Gasteiger charge is -2.49. The summed E-state index contributed by atoms with van der Waals surface area (Å²) in [5.74, 6) is 1.16. The van der Waals surface area contributed by atoms with E-state index in [0.29, 0.717) is 28.6 Å². The second-order valence-electron chi connectivity index (χ2n) is 7.17. The van der Waals surface area contributed by atoms with Crippen molar-refractivity contribution in [3.63, 3.8) is 0 Å². The molecule has 0 radical (unpaired) electrons. The number of rotatable bonds is 5. The van der Waals surface area contributed by atoms with Crippen LogP contribution in [0, 0.1) is 13.8 Å². The van der Waals surface area contributed by atoms with E-state index in [1.165, 1.54) is 4.90 Å². The van der Waals surface area contributed by atoms with Crippen molar-refractivity contribution in [2.24, 2.45) is 0 Å². The maximum absolute atomic E-state index is 13.6. The van der Waals surface area contributed by atoms with Gasteiger partial charge in [-0.2, -0.15) is 0 Å². The van der Waals surface area contributed by atoms with Crippen LogP contribution in [0.25, 0.3) is 0 Å². The molecule has 6 nitrogen and oxygen atoms in total. The first-order chi connectivity index (χ1) is 14.0. The van der Waals surface area contributed by atoms with Crippen LogP contribution in [0.4, 0.5) is 11.4 Å². The smallest absolute Gasteiger partial charge is 0.259 e. The van der Waals surface area contributed by atoms with Crippen molar-refractivity contribution in [1.29, 1.82) is 0 Å². The summed E-state index contributed by atoms with van der Waals surface area (Å²) < 4.78 is 11.2. The fraction of sp³-hybridized carbons (Fsp3) is 0.217. The number of β-lactam (4-membered cyclic amide) rings is 1. The molecule has 1 aromatic heterocycles. The molecule has 1 N–H and O–H groups in total. The summed E-state index contributed by atoms with van der Waals surface area (Å²) >= 11 is 0. The lowest BCUT2D eigenvalue weighted by molar-refractivity contribution is -0.138. The number of carbonyl (C=O) groups is 2. The highest BCUT2D eigenvalue weighted by Gasteiger charge is 2.60. The van der Waals surface area contributed by atoms with Gasteiger partial charge in [-0.05, 0) is 50.2 Å². The number of aryl methyl sites for hydroxylation is 2. The van der Waals surface area contributed by atoms with Crippen molar-refractivity contribution in [3.8, 4) is 5.75 Å². The molecule has 1 atom stereocenters. The van der Waals surface area contributed by atoms with Crippen LogP contribution < -0.4 is 15.0 Å². The van der Waals surface area contributed by atoms with Crippen LogP contribution >= 0.6 is 0 Å². The zero-order valence-corrected chi connectivity index (χ0v) is 16.6. The first-order valence-corrected chi connectivity index (χ1v) is 9.37. The number of carbonyl (C=O) groups excluding carboxylic acids is 2. The van der Waals surface area contributed by atoms with Crippen LogP contribution in [-0.4, -0.2) is 18.9 Å². The van der Waals surface area contributed by atoms with Gasteiger partial charge in [0.25, 0.3) is 5.91 Å². The molecule has 6 heteroatoms. The highest BCUT2D eigenvalue weighted by Crippen LogP contribution is 2.46. The van der Waals surface area contributed by atoms with Crippen molar-refractivity contribution in [2.45, 2.75) is 25.8 Å². The third-order valence-corrected chi connectivity index (χ3v) is 5.21. The fourth-order valence-electron chi connectivity index (χ4n) is 3.68. The molecular formula is C23H22N2O4. The van der Waals surface area contributed by atoms with E-state index in [2.05, 4.69) is 5.32 Å². The predicted molar refractivity (Wildman–Crippen MR) is 110 cm³/mol. The average Bonchev–Trinajstić information content (AvgIpc) is 3.14. The van der Waals surface area contributed by atoms with Crippen LogP contribution in [0.1, 0.15) is 23.5 Å². The zero-order chi connectivity index (χ0) is 20.6. The molecule has 1 aliphatic rings. The molecule has 1 aliphatic heterocycles. The number of nitrogens with zero attached hydrogens (tertiary/aromatic N) is 1. The van der Waals surface area contributed by atoms with Crippen molar-refractivity contribution in [1.82, 2.24) is 0 Å². The maximum atomic E-state index is 13.6. The molecule has 1 fully saturated rings. The minimum Gasteiger partial charge on any atom is -0.495 e. The molecule has 1 saturated heterocycles. The predicted octanol–water partition coefficient (Wildman–Crippen LogP) is 4.18. The largest absolute Gasteiger partial charge is 0.495 e. The second kappa shape index (κ2) is 7.13. The minimum atomic E-state index is -1.26. The second-order valence-corrected chi connectivity index (χ2v) is 7.17. The molecule has 0 aliphatic carbocycles. The molecule has 2 heterocycles. The Balaban J connectivity index is 1.78. The molecule has 0 bridgehead atoms. The molecular weight excluding hydrogens is 368 g/mol. The summed E-state index contributed by atoms with van der Waals surface area (Å²) in [6, 6.07) is 18.2. The number of amides is 2. The molecule has 3 aromatic rings. The van der Waals surface area contributed by atoms with Crippen LogP contribution in [0.2, 0.25) is 0 Å². The highest BCUT2D eigenvalue weighted by atomic mass is 16.5. The van der Waals surface area contributed by atoms with Gasteiger partial charge in [0, 0.05) is 5.69 Å². The van der Waals surface area contributed by atoms with E-state index in [0.717, 1.165) is 5.56 Å². The first-order valence-electron chi connectivity index (χ1n) is 9.37. The third kappa shape index (κ3) is 3.06. The van der Waals surface area contributed by atoms with Crippen molar-refractivity contribution >= 4 is 23.2 Å². The summed E-state index contributed by atoms with van der Waals surface area (Å²) in [6.07, 6.45) is 0.0226. The Morgan fingerprint density at radius 1 is 1.07 bits per heavy atom. The normalized spacial score (nSPS) is 18.3. The monoisotopic (exact) mass is 390 g/mol. The number of ether oxygens (including phenoxy) is 1. The number of anilines is 2.